The SMILES string of the molecule is CC(C)C(NC(=O)C(CCC(=O)O)NC(=O)C(CO)NC(=O)C(N)Cc1cnc[nH]1)C(=O)O. The van der Waals surface area contributed by atoms with E-state index >= 15 is 0 Å². The molecule has 184 valence electrons. The maximum atomic E-state index is 12.6. The highest BCUT2D eigenvalue weighted by Gasteiger charge is 2.31. The molecule has 0 aromatic carbocycles. The first-order valence-corrected chi connectivity index (χ1v) is 10.2. The summed E-state index contributed by atoms with van der Waals surface area (Å²) >= 11 is 0. The fraction of sp³-hybridized carbons (Fsp3) is 0.579. The first kappa shape index (κ1) is 27.5. The summed E-state index contributed by atoms with van der Waals surface area (Å²) in [5.41, 5.74) is 6.37. The molecule has 4 atom stereocenters. The molecule has 1 heterocycles. The molecule has 14 nitrogen and oxygen atoms in total. The van der Waals surface area contributed by atoms with Crippen LogP contribution in [0.25, 0.3) is 0 Å². The molecule has 0 saturated heterocycles. The van der Waals surface area contributed by atoms with Crippen molar-refractivity contribution < 1.29 is 39.3 Å². The zero-order valence-electron chi connectivity index (χ0n) is 18.3. The Labute approximate surface area is 189 Å². The van der Waals surface area contributed by atoms with E-state index in [4.69, 9.17) is 10.8 Å². The van der Waals surface area contributed by atoms with Gasteiger partial charge >= 0.3 is 11.9 Å². The first-order valence-electron chi connectivity index (χ1n) is 10.2. The third-order valence-electron chi connectivity index (χ3n) is 4.66. The summed E-state index contributed by atoms with van der Waals surface area (Å²) in [6, 6.07) is -5.24. The van der Waals surface area contributed by atoms with Crippen LogP contribution < -0.4 is 21.7 Å². The van der Waals surface area contributed by atoms with Crippen molar-refractivity contribution in [3.63, 3.8) is 0 Å². The van der Waals surface area contributed by atoms with Crippen molar-refractivity contribution in [2.24, 2.45) is 11.7 Å². The fourth-order valence-corrected chi connectivity index (χ4v) is 2.78. The number of imidazole rings is 1. The van der Waals surface area contributed by atoms with E-state index in [1.165, 1.54) is 12.5 Å². The molecule has 0 aliphatic carbocycles. The van der Waals surface area contributed by atoms with Gasteiger partial charge in [0.2, 0.25) is 17.7 Å². The number of carboxylic acid groups (broad SMARTS) is 2. The predicted octanol–water partition coefficient (Wildman–Crippen LogP) is -2.67. The van der Waals surface area contributed by atoms with E-state index < -0.39 is 72.8 Å². The number of H-pyrrole nitrogens is 1. The molecule has 0 aliphatic heterocycles. The van der Waals surface area contributed by atoms with E-state index in [0.717, 1.165) is 0 Å². The highest BCUT2D eigenvalue weighted by Crippen LogP contribution is 2.05. The highest BCUT2D eigenvalue weighted by molar-refractivity contribution is 5.94. The second-order valence-electron chi connectivity index (χ2n) is 7.69. The van der Waals surface area contributed by atoms with Crippen LogP contribution in [0.4, 0.5) is 0 Å². The number of hydrogen-bond donors (Lipinski definition) is 8. The van der Waals surface area contributed by atoms with Crippen LogP contribution in [0.3, 0.4) is 0 Å². The lowest BCUT2D eigenvalue weighted by Crippen LogP contribution is -2.58. The third kappa shape index (κ3) is 9.24. The van der Waals surface area contributed by atoms with Gasteiger partial charge in [-0.2, -0.15) is 0 Å². The van der Waals surface area contributed by atoms with Gasteiger partial charge in [0.1, 0.15) is 18.1 Å². The van der Waals surface area contributed by atoms with Gasteiger partial charge in [0.05, 0.1) is 19.0 Å². The van der Waals surface area contributed by atoms with Gasteiger partial charge in [0.15, 0.2) is 0 Å². The van der Waals surface area contributed by atoms with E-state index in [1.807, 2.05) is 0 Å². The minimum atomic E-state index is -1.48. The van der Waals surface area contributed by atoms with Crippen molar-refractivity contribution in [2.45, 2.75) is 57.3 Å². The standard InChI is InChI=1S/C19H30N6O8/c1-9(2)15(19(32)33)25-17(30)12(3-4-14(27)28)23-18(31)13(7-26)24-16(29)11(20)5-10-6-21-8-22-10/h6,8-9,11-13,15,26H,3-5,7,20H2,1-2H3,(H,21,22)(H,23,31)(H,24,29)(H,25,30)(H,27,28)(H,32,33). The molecule has 33 heavy (non-hydrogen) atoms. The van der Waals surface area contributed by atoms with Crippen LogP contribution >= 0.6 is 0 Å². The zero-order chi connectivity index (χ0) is 25.1. The number of aromatic nitrogens is 2. The van der Waals surface area contributed by atoms with Crippen molar-refractivity contribution in [3.8, 4) is 0 Å². The lowest BCUT2D eigenvalue weighted by atomic mass is 10.0. The Kier molecular flexibility index (Phi) is 10.9. The summed E-state index contributed by atoms with van der Waals surface area (Å²) in [6.45, 7) is 2.30. The number of nitrogens with one attached hydrogen (secondary N) is 4. The summed E-state index contributed by atoms with van der Waals surface area (Å²) in [4.78, 5) is 66.3. The second kappa shape index (κ2) is 13.1. The number of rotatable bonds is 14. The zero-order valence-corrected chi connectivity index (χ0v) is 18.3. The summed E-state index contributed by atoms with van der Waals surface area (Å²) < 4.78 is 0. The van der Waals surface area contributed by atoms with Crippen molar-refractivity contribution in [3.05, 3.63) is 18.2 Å². The summed E-state index contributed by atoms with van der Waals surface area (Å²) in [6.07, 6.45) is 2.11. The van der Waals surface area contributed by atoms with Crippen LogP contribution in [0, 0.1) is 5.92 Å². The Hall–Kier alpha value is -3.52. The number of aliphatic hydroxyl groups is 1. The maximum absolute atomic E-state index is 12.6. The molecule has 3 amide bonds. The molecule has 0 radical (unpaired) electrons. The smallest absolute Gasteiger partial charge is 0.326 e. The van der Waals surface area contributed by atoms with Gasteiger partial charge in [-0.3, -0.25) is 19.2 Å². The van der Waals surface area contributed by atoms with Crippen molar-refractivity contribution in [2.75, 3.05) is 6.61 Å². The largest absolute Gasteiger partial charge is 0.481 e. The van der Waals surface area contributed by atoms with Crippen molar-refractivity contribution >= 4 is 29.7 Å². The molecule has 0 spiro atoms. The molecular formula is C19H30N6O8. The van der Waals surface area contributed by atoms with Crippen molar-refractivity contribution in [1.29, 1.82) is 0 Å². The number of aromatic amines is 1. The average molecular weight is 470 g/mol. The molecule has 1 aromatic heterocycles. The lowest BCUT2D eigenvalue weighted by molar-refractivity contribution is -0.144. The monoisotopic (exact) mass is 470 g/mol. The van der Waals surface area contributed by atoms with Gasteiger partial charge in [-0.1, -0.05) is 13.8 Å². The Bertz CT molecular complexity index is 828. The van der Waals surface area contributed by atoms with Gasteiger partial charge in [0, 0.05) is 24.7 Å². The number of carboxylic acids is 2. The first-order chi connectivity index (χ1) is 15.5. The molecule has 4 unspecified atom stereocenters. The molecule has 14 heteroatoms. The second-order valence-corrected chi connectivity index (χ2v) is 7.69. The molecule has 1 aromatic rings. The maximum Gasteiger partial charge on any atom is 0.326 e. The Morgan fingerprint density at radius 3 is 2.12 bits per heavy atom. The van der Waals surface area contributed by atoms with E-state index in [-0.39, 0.29) is 12.8 Å². The number of nitrogens with two attached hydrogens (primary N) is 1. The van der Waals surface area contributed by atoms with Gasteiger partial charge in [-0.15, -0.1) is 0 Å². The van der Waals surface area contributed by atoms with Crippen molar-refractivity contribution in [1.82, 2.24) is 25.9 Å². The minimum Gasteiger partial charge on any atom is -0.481 e. The Morgan fingerprint density at radius 1 is 1.03 bits per heavy atom. The lowest BCUT2D eigenvalue weighted by Gasteiger charge is -2.25. The van der Waals surface area contributed by atoms with Crippen LogP contribution in [0.2, 0.25) is 0 Å². The van der Waals surface area contributed by atoms with Crippen LogP contribution in [0.1, 0.15) is 32.4 Å². The van der Waals surface area contributed by atoms with E-state index in [2.05, 4.69) is 25.9 Å². The van der Waals surface area contributed by atoms with E-state index in [0.29, 0.717) is 5.69 Å². The van der Waals surface area contributed by atoms with Crippen LogP contribution in [0.5, 0.6) is 0 Å². The molecule has 0 aliphatic rings. The quantitative estimate of drug-likeness (QED) is 0.140. The number of carbonyl (C=O) groups excluding carboxylic acids is 3. The minimum absolute atomic E-state index is 0.0843. The molecule has 0 fully saturated rings. The van der Waals surface area contributed by atoms with E-state index in [9.17, 15) is 34.2 Å². The fourth-order valence-electron chi connectivity index (χ4n) is 2.78. The third-order valence-corrected chi connectivity index (χ3v) is 4.66. The van der Waals surface area contributed by atoms with Crippen LogP contribution in [-0.2, 0) is 30.4 Å². The number of amides is 3. The molecule has 0 bridgehead atoms. The molecule has 9 N–H and O–H groups in total. The van der Waals surface area contributed by atoms with E-state index in [1.54, 1.807) is 13.8 Å². The number of carbonyl (C=O) groups is 5. The highest BCUT2D eigenvalue weighted by atomic mass is 16.4. The number of nitrogens with zero attached hydrogens (tertiary/aromatic N) is 1. The van der Waals surface area contributed by atoms with Gasteiger partial charge in [-0.05, 0) is 12.3 Å². The molecule has 1 rings (SSSR count). The summed E-state index contributed by atoms with van der Waals surface area (Å²) in [5.74, 6) is -5.66. The van der Waals surface area contributed by atoms with Gasteiger partial charge in [-0.25, -0.2) is 9.78 Å². The average Bonchev–Trinajstić information content (AvgIpc) is 3.24. The number of aliphatic carboxylic acids is 2. The summed E-state index contributed by atoms with van der Waals surface area (Å²) in [5, 5.41) is 34.5. The topological polar surface area (TPSA) is 237 Å². The normalized spacial score (nSPS) is 14.6. The number of hydrogen-bond acceptors (Lipinski definition) is 8. The molecular weight excluding hydrogens is 440 g/mol. The predicted molar refractivity (Wildman–Crippen MR) is 112 cm³/mol. The number of aliphatic hydroxyl groups excluding tert-OH is 1. The van der Waals surface area contributed by atoms with Crippen LogP contribution in [0.15, 0.2) is 12.5 Å². The summed E-state index contributed by atoms with van der Waals surface area (Å²) in [7, 11) is 0. The Balaban J connectivity index is 2.84. The molecule has 0 saturated carbocycles. The van der Waals surface area contributed by atoms with Crippen LogP contribution in [-0.4, -0.2) is 85.7 Å². The van der Waals surface area contributed by atoms with Gasteiger partial charge in [0.25, 0.3) is 0 Å². The Morgan fingerprint density at radius 2 is 1.64 bits per heavy atom. The van der Waals surface area contributed by atoms with Gasteiger partial charge < -0.3 is 42.0 Å².